The number of hydrogen-bond acceptors (Lipinski definition) is 5. The predicted octanol–water partition coefficient (Wildman–Crippen LogP) is 5.60. The fraction of sp³-hybridized carbons (Fsp3) is 0.567. The number of unbranched alkanes of at least 4 members (excludes halogenated alkanes) is 1. The number of rotatable bonds is 10. The summed E-state index contributed by atoms with van der Waals surface area (Å²) in [5.74, 6) is 0.871. The van der Waals surface area contributed by atoms with Gasteiger partial charge in [-0.3, -0.25) is 4.90 Å². The minimum atomic E-state index is -0.694. The number of benzene rings is 2. The molecule has 4 rings (SSSR count). The Hall–Kier alpha value is -2.57. The topological polar surface area (TPSA) is 62.2 Å². The van der Waals surface area contributed by atoms with Crippen molar-refractivity contribution in [3.8, 4) is 5.75 Å². The molecular weight excluding hydrogens is 452 g/mol. The van der Waals surface area contributed by atoms with Crippen LogP contribution in [0.5, 0.6) is 5.75 Å². The van der Waals surface area contributed by atoms with Gasteiger partial charge < -0.3 is 19.5 Å². The standard InChI is InChI=1S/C30H42N2O4/c1-2-3-22-35-29(33)32-20-18-31(19-21-32)23-28(30(34)16-8-5-9-17-30)26-12-14-27(15-13-26)36-24-25-10-6-4-7-11-25/h4,6-7,10-15,28,34H,2-3,5,8-9,16-24H2,1H3. The lowest BCUT2D eigenvalue weighted by atomic mass is 9.72. The summed E-state index contributed by atoms with van der Waals surface area (Å²) in [7, 11) is 0. The molecule has 2 aliphatic rings. The highest BCUT2D eigenvalue weighted by Crippen LogP contribution is 2.41. The quantitative estimate of drug-likeness (QED) is 0.436. The third-order valence-corrected chi connectivity index (χ3v) is 7.69. The summed E-state index contributed by atoms with van der Waals surface area (Å²) in [6.07, 6.45) is 6.75. The number of carbonyl (C=O) groups is 1. The predicted molar refractivity (Wildman–Crippen MR) is 142 cm³/mol. The monoisotopic (exact) mass is 494 g/mol. The van der Waals surface area contributed by atoms with Crippen LogP contribution in [0.15, 0.2) is 54.6 Å². The van der Waals surface area contributed by atoms with Gasteiger partial charge in [0.25, 0.3) is 0 Å². The van der Waals surface area contributed by atoms with E-state index in [9.17, 15) is 9.90 Å². The van der Waals surface area contributed by atoms with Crippen LogP contribution < -0.4 is 4.74 Å². The molecule has 0 bridgehead atoms. The minimum Gasteiger partial charge on any atom is -0.489 e. The first-order valence-corrected chi connectivity index (χ1v) is 13.7. The second-order valence-electron chi connectivity index (χ2n) is 10.3. The van der Waals surface area contributed by atoms with E-state index in [1.165, 1.54) is 6.42 Å². The van der Waals surface area contributed by atoms with Crippen LogP contribution in [0.2, 0.25) is 0 Å². The highest BCUT2D eigenvalue weighted by atomic mass is 16.6. The number of hydrogen-bond donors (Lipinski definition) is 1. The number of ether oxygens (including phenoxy) is 2. The zero-order chi connectivity index (χ0) is 25.2. The summed E-state index contributed by atoms with van der Waals surface area (Å²) in [6, 6.07) is 18.5. The molecule has 1 unspecified atom stereocenters. The van der Waals surface area contributed by atoms with Crippen molar-refractivity contribution in [2.45, 2.75) is 70.0 Å². The van der Waals surface area contributed by atoms with Gasteiger partial charge in [0.2, 0.25) is 0 Å². The van der Waals surface area contributed by atoms with Crippen molar-refractivity contribution in [1.29, 1.82) is 0 Å². The molecule has 6 nitrogen and oxygen atoms in total. The first-order valence-electron chi connectivity index (χ1n) is 13.7. The molecule has 6 heteroatoms. The maximum absolute atomic E-state index is 12.3. The fourth-order valence-corrected chi connectivity index (χ4v) is 5.40. The van der Waals surface area contributed by atoms with Crippen molar-refractivity contribution in [2.75, 3.05) is 39.3 Å². The van der Waals surface area contributed by atoms with Crippen LogP contribution in [0.25, 0.3) is 0 Å². The van der Waals surface area contributed by atoms with Gasteiger partial charge in [-0.15, -0.1) is 0 Å². The van der Waals surface area contributed by atoms with Crippen LogP contribution in [0.4, 0.5) is 4.79 Å². The highest BCUT2D eigenvalue weighted by molar-refractivity contribution is 5.67. The van der Waals surface area contributed by atoms with E-state index in [1.807, 2.05) is 35.2 Å². The van der Waals surface area contributed by atoms with Gasteiger partial charge in [-0.05, 0) is 42.5 Å². The zero-order valence-electron chi connectivity index (χ0n) is 21.7. The smallest absolute Gasteiger partial charge is 0.409 e. The SMILES string of the molecule is CCCCOC(=O)N1CCN(CC(c2ccc(OCc3ccccc3)cc2)C2(O)CCCCC2)CC1. The molecule has 0 spiro atoms. The average molecular weight is 495 g/mol. The number of amides is 1. The maximum Gasteiger partial charge on any atom is 0.409 e. The van der Waals surface area contributed by atoms with E-state index >= 15 is 0 Å². The van der Waals surface area contributed by atoms with Crippen molar-refractivity contribution < 1.29 is 19.4 Å². The van der Waals surface area contributed by atoms with Gasteiger partial charge >= 0.3 is 6.09 Å². The van der Waals surface area contributed by atoms with E-state index in [0.717, 1.165) is 75.0 Å². The normalized spacial score (nSPS) is 19.0. The molecule has 2 aromatic carbocycles. The molecule has 1 saturated carbocycles. The van der Waals surface area contributed by atoms with Crippen LogP contribution in [0, 0.1) is 0 Å². The molecule has 1 aliphatic carbocycles. The zero-order valence-corrected chi connectivity index (χ0v) is 21.7. The number of piperazine rings is 1. The van der Waals surface area contributed by atoms with Crippen molar-refractivity contribution in [2.24, 2.45) is 0 Å². The van der Waals surface area contributed by atoms with Crippen molar-refractivity contribution in [3.63, 3.8) is 0 Å². The van der Waals surface area contributed by atoms with E-state index in [0.29, 0.717) is 26.3 Å². The molecule has 0 aromatic heterocycles. The Morgan fingerprint density at radius 1 is 0.972 bits per heavy atom. The molecule has 1 aliphatic heterocycles. The van der Waals surface area contributed by atoms with Gasteiger partial charge in [0.1, 0.15) is 12.4 Å². The molecule has 196 valence electrons. The first-order chi connectivity index (χ1) is 17.6. The second-order valence-corrected chi connectivity index (χ2v) is 10.3. The van der Waals surface area contributed by atoms with E-state index in [1.54, 1.807) is 0 Å². The van der Waals surface area contributed by atoms with E-state index in [4.69, 9.17) is 9.47 Å². The van der Waals surface area contributed by atoms with Crippen LogP contribution in [0.3, 0.4) is 0 Å². The number of nitrogens with zero attached hydrogens (tertiary/aromatic N) is 2. The molecule has 36 heavy (non-hydrogen) atoms. The summed E-state index contributed by atoms with van der Waals surface area (Å²) in [4.78, 5) is 16.5. The van der Waals surface area contributed by atoms with Crippen LogP contribution in [-0.2, 0) is 11.3 Å². The molecule has 1 saturated heterocycles. The molecule has 0 radical (unpaired) electrons. The Morgan fingerprint density at radius 2 is 1.67 bits per heavy atom. The van der Waals surface area contributed by atoms with Crippen LogP contribution >= 0.6 is 0 Å². The van der Waals surface area contributed by atoms with Crippen molar-refractivity contribution in [1.82, 2.24) is 9.80 Å². The molecular formula is C30H42N2O4. The van der Waals surface area contributed by atoms with Gasteiger partial charge in [0, 0.05) is 38.6 Å². The molecule has 2 aromatic rings. The summed E-state index contributed by atoms with van der Waals surface area (Å²) >= 11 is 0. The average Bonchev–Trinajstić information content (AvgIpc) is 2.92. The Kier molecular flexibility index (Phi) is 9.65. The van der Waals surface area contributed by atoms with Crippen LogP contribution in [0.1, 0.15) is 68.9 Å². The minimum absolute atomic E-state index is 0.0315. The van der Waals surface area contributed by atoms with E-state index < -0.39 is 5.60 Å². The number of aliphatic hydroxyl groups is 1. The maximum atomic E-state index is 12.3. The third kappa shape index (κ3) is 7.23. The molecule has 1 atom stereocenters. The lowest BCUT2D eigenvalue weighted by molar-refractivity contribution is -0.0342. The van der Waals surface area contributed by atoms with E-state index in [2.05, 4.69) is 36.1 Å². The van der Waals surface area contributed by atoms with Crippen LogP contribution in [-0.4, -0.2) is 65.9 Å². The Labute approximate surface area is 216 Å². The van der Waals surface area contributed by atoms with Gasteiger partial charge in [0.15, 0.2) is 0 Å². The van der Waals surface area contributed by atoms with Gasteiger partial charge in [-0.2, -0.15) is 0 Å². The molecule has 1 N–H and O–H groups in total. The molecule has 1 amide bonds. The second kappa shape index (κ2) is 13.1. The molecule has 1 heterocycles. The summed E-state index contributed by atoms with van der Waals surface area (Å²) in [5, 5.41) is 11.8. The Balaban J connectivity index is 1.38. The van der Waals surface area contributed by atoms with Gasteiger partial charge in [-0.1, -0.05) is 75.1 Å². The first kappa shape index (κ1) is 26.5. The van der Waals surface area contributed by atoms with Gasteiger partial charge in [-0.25, -0.2) is 4.79 Å². The lowest BCUT2D eigenvalue weighted by Gasteiger charge is -2.43. The van der Waals surface area contributed by atoms with E-state index in [-0.39, 0.29) is 12.0 Å². The Bertz CT molecular complexity index is 920. The van der Waals surface area contributed by atoms with Crippen molar-refractivity contribution >= 4 is 6.09 Å². The summed E-state index contributed by atoms with van der Waals surface area (Å²) < 4.78 is 11.4. The summed E-state index contributed by atoms with van der Waals surface area (Å²) in [5.41, 5.74) is 1.61. The highest BCUT2D eigenvalue weighted by Gasteiger charge is 2.40. The number of carbonyl (C=O) groups excluding carboxylic acids is 1. The fourth-order valence-electron chi connectivity index (χ4n) is 5.40. The lowest BCUT2D eigenvalue weighted by Crippen LogP contribution is -2.52. The third-order valence-electron chi connectivity index (χ3n) is 7.69. The molecule has 2 fully saturated rings. The summed E-state index contributed by atoms with van der Waals surface area (Å²) in [6.45, 7) is 6.86. The largest absolute Gasteiger partial charge is 0.489 e. The Morgan fingerprint density at radius 3 is 2.33 bits per heavy atom. The van der Waals surface area contributed by atoms with Gasteiger partial charge in [0.05, 0.1) is 12.2 Å². The van der Waals surface area contributed by atoms with Crippen molar-refractivity contribution in [3.05, 3.63) is 65.7 Å².